The second-order valence-corrected chi connectivity index (χ2v) is 7.00. The van der Waals surface area contributed by atoms with Crippen LogP contribution in [0.1, 0.15) is 12.5 Å². The molecule has 7 heteroatoms. The van der Waals surface area contributed by atoms with Crippen LogP contribution in [0.3, 0.4) is 0 Å². The van der Waals surface area contributed by atoms with Gasteiger partial charge in [0.05, 0.1) is 17.2 Å². The van der Waals surface area contributed by atoms with Gasteiger partial charge in [0, 0.05) is 11.4 Å². The molecule has 0 bridgehead atoms. The Kier molecular flexibility index (Phi) is 3.94. The van der Waals surface area contributed by atoms with Crippen molar-refractivity contribution in [2.45, 2.75) is 18.4 Å². The number of sulfonamides is 1. The molecule has 0 fully saturated rings. The Balaban J connectivity index is 2.12. The van der Waals surface area contributed by atoms with Crippen molar-refractivity contribution in [2.24, 2.45) is 0 Å². The fourth-order valence-electron chi connectivity index (χ4n) is 1.54. The number of carbonyl (C=O) groups excluding carboxylic acids is 1. The summed E-state index contributed by atoms with van der Waals surface area (Å²) in [6.45, 7) is 1.83. The number of benzene rings is 1. The lowest BCUT2D eigenvalue weighted by Crippen LogP contribution is -2.25. The van der Waals surface area contributed by atoms with Gasteiger partial charge in [-0.3, -0.25) is 4.79 Å². The van der Waals surface area contributed by atoms with Crippen LogP contribution in [-0.2, 0) is 21.4 Å². The van der Waals surface area contributed by atoms with E-state index in [4.69, 9.17) is 0 Å². The topological polar surface area (TPSA) is 75.3 Å². The van der Waals surface area contributed by atoms with Crippen LogP contribution in [0.25, 0.3) is 0 Å². The highest BCUT2D eigenvalue weighted by molar-refractivity contribution is 8.00. The molecule has 98 valence electrons. The second-order valence-electron chi connectivity index (χ2n) is 3.89. The lowest BCUT2D eigenvalue weighted by molar-refractivity contribution is -0.113. The number of amides is 1. The molecule has 5 nitrogen and oxygen atoms in total. The molecule has 0 atom stereocenters. The van der Waals surface area contributed by atoms with E-state index in [1.54, 1.807) is 13.0 Å². The first-order valence-corrected chi connectivity index (χ1v) is 8.17. The normalized spacial score (nSPS) is 15.1. The molecule has 1 aromatic rings. The van der Waals surface area contributed by atoms with Crippen molar-refractivity contribution in [3.8, 4) is 0 Å². The number of anilines is 1. The first kappa shape index (κ1) is 13.4. The van der Waals surface area contributed by atoms with Crippen molar-refractivity contribution < 1.29 is 13.2 Å². The molecule has 1 aromatic carbocycles. The molecular formula is C11H14N2O3S2. The van der Waals surface area contributed by atoms with E-state index in [0.29, 0.717) is 5.75 Å². The number of hydrogen-bond acceptors (Lipinski definition) is 4. The number of fused-ring (bicyclic) bond motifs is 1. The average molecular weight is 286 g/mol. The first-order chi connectivity index (χ1) is 8.50. The van der Waals surface area contributed by atoms with Crippen LogP contribution in [0.4, 0.5) is 5.69 Å². The number of nitrogens with one attached hydrogen (secondary N) is 2. The van der Waals surface area contributed by atoms with Crippen molar-refractivity contribution in [3.05, 3.63) is 23.8 Å². The molecule has 18 heavy (non-hydrogen) atoms. The van der Waals surface area contributed by atoms with Gasteiger partial charge in [0.1, 0.15) is 0 Å². The largest absolute Gasteiger partial charge is 0.324 e. The molecule has 1 heterocycles. The Morgan fingerprint density at radius 1 is 1.44 bits per heavy atom. The van der Waals surface area contributed by atoms with Crippen LogP contribution in [0.2, 0.25) is 0 Å². The van der Waals surface area contributed by atoms with E-state index in [1.165, 1.54) is 11.8 Å². The van der Waals surface area contributed by atoms with Gasteiger partial charge in [0.25, 0.3) is 0 Å². The molecule has 0 radical (unpaired) electrons. The Morgan fingerprint density at radius 2 is 2.22 bits per heavy atom. The third-order valence-corrected chi connectivity index (χ3v) is 4.97. The molecular weight excluding hydrogens is 272 g/mol. The van der Waals surface area contributed by atoms with E-state index in [1.807, 2.05) is 12.1 Å². The molecule has 0 unspecified atom stereocenters. The number of hydrogen-bond donors (Lipinski definition) is 2. The maximum absolute atomic E-state index is 11.3. The van der Waals surface area contributed by atoms with E-state index in [-0.39, 0.29) is 18.2 Å². The van der Waals surface area contributed by atoms with Crippen LogP contribution in [0.5, 0.6) is 0 Å². The van der Waals surface area contributed by atoms with Crippen LogP contribution < -0.4 is 10.0 Å². The molecule has 0 aromatic heterocycles. The third-order valence-electron chi connectivity index (χ3n) is 2.55. The maximum atomic E-state index is 11.3. The Labute approximate surface area is 110 Å². The highest BCUT2D eigenvalue weighted by Crippen LogP contribution is 2.31. The van der Waals surface area contributed by atoms with Crippen LogP contribution in [0.15, 0.2) is 23.1 Å². The molecule has 2 rings (SSSR count). The van der Waals surface area contributed by atoms with Gasteiger partial charge in [0.2, 0.25) is 15.9 Å². The summed E-state index contributed by atoms with van der Waals surface area (Å²) < 4.78 is 25.2. The first-order valence-electron chi connectivity index (χ1n) is 5.53. The van der Waals surface area contributed by atoms with Gasteiger partial charge in [-0.25, -0.2) is 13.1 Å². The summed E-state index contributed by atoms with van der Waals surface area (Å²) in [6, 6.07) is 5.56. The van der Waals surface area contributed by atoms with Crippen molar-refractivity contribution in [3.63, 3.8) is 0 Å². The SMILES string of the molecule is CCS(=O)(=O)NCc1ccc2c(c1)NC(=O)CS2. The van der Waals surface area contributed by atoms with Gasteiger partial charge in [-0.05, 0) is 24.6 Å². The molecule has 1 aliphatic rings. The lowest BCUT2D eigenvalue weighted by Gasteiger charge is -2.17. The van der Waals surface area contributed by atoms with Gasteiger partial charge < -0.3 is 5.32 Å². The zero-order valence-electron chi connectivity index (χ0n) is 9.89. The fourth-order valence-corrected chi connectivity index (χ4v) is 2.91. The minimum absolute atomic E-state index is 0.0289. The van der Waals surface area contributed by atoms with E-state index in [9.17, 15) is 13.2 Å². The summed E-state index contributed by atoms with van der Waals surface area (Å²) in [5, 5.41) is 2.77. The summed E-state index contributed by atoms with van der Waals surface area (Å²) in [5.74, 6) is 0.457. The molecule has 1 aliphatic heterocycles. The van der Waals surface area contributed by atoms with Gasteiger partial charge in [-0.15, -0.1) is 11.8 Å². The second kappa shape index (κ2) is 5.29. The number of carbonyl (C=O) groups is 1. The predicted octanol–water partition coefficient (Wildman–Crippen LogP) is 1.17. The molecule has 0 spiro atoms. The predicted molar refractivity (Wildman–Crippen MR) is 72.1 cm³/mol. The van der Waals surface area contributed by atoms with E-state index in [0.717, 1.165) is 16.1 Å². The van der Waals surface area contributed by atoms with Crippen LogP contribution >= 0.6 is 11.8 Å². The molecule has 1 amide bonds. The van der Waals surface area contributed by atoms with E-state index in [2.05, 4.69) is 10.0 Å². The average Bonchev–Trinajstić information content (AvgIpc) is 2.36. The maximum Gasteiger partial charge on any atom is 0.234 e. The summed E-state index contributed by atoms with van der Waals surface area (Å²) in [4.78, 5) is 12.3. The summed E-state index contributed by atoms with van der Waals surface area (Å²) >= 11 is 1.48. The van der Waals surface area contributed by atoms with Crippen molar-refractivity contribution >= 4 is 33.4 Å². The van der Waals surface area contributed by atoms with Gasteiger partial charge in [0.15, 0.2) is 0 Å². The van der Waals surface area contributed by atoms with Crippen LogP contribution in [0, 0.1) is 0 Å². The van der Waals surface area contributed by atoms with Crippen LogP contribution in [-0.4, -0.2) is 25.8 Å². The Morgan fingerprint density at radius 3 is 2.94 bits per heavy atom. The minimum Gasteiger partial charge on any atom is -0.324 e. The molecule has 0 saturated carbocycles. The van der Waals surface area contributed by atoms with Crippen molar-refractivity contribution in [1.82, 2.24) is 4.72 Å². The van der Waals surface area contributed by atoms with Gasteiger partial charge in [-0.2, -0.15) is 0 Å². The van der Waals surface area contributed by atoms with E-state index < -0.39 is 10.0 Å². The number of rotatable bonds is 4. The van der Waals surface area contributed by atoms with E-state index >= 15 is 0 Å². The third kappa shape index (κ3) is 3.24. The van der Waals surface area contributed by atoms with Gasteiger partial charge in [-0.1, -0.05) is 6.07 Å². The molecule has 0 aliphatic carbocycles. The summed E-state index contributed by atoms with van der Waals surface area (Å²) in [6.07, 6.45) is 0. The monoisotopic (exact) mass is 286 g/mol. The lowest BCUT2D eigenvalue weighted by atomic mass is 10.2. The smallest absolute Gasteiger partial charge is 0.234 e. The minimum atomic E-state index is -3.19. The molecule has 0 saturated heterocycles. The Bertz CT molecular complexity index is 570. The van der Waals surface area contributed by atoms with Crippen molar-refractivity contribution in [1.29, 1.82) is 0 Å². The van der Waals surface area contributed by atoms with Crippen molar-refractivity contribution in [2.75, 3.05) is 16.8 Å². The fraction of sp³-hybridized carbons (Fsp3) is 0.364. The number of thioether (sulfide) groups is 1. The highest BCUT2D eigenvalue weighted by atomic mass is 32.2. The quantitative estimate of drug-likeness (QED) is 0.871. The summed E-state index contributed by atoms with van der Waals surface area (Å²) in [7, 11) is -3.19. The standard InChI is InChI=1S/C11H14N2O3S2/c1-2-18(15,16)12-6-8-3-4-10-9(5-8)13-11(14)7-17-10/h3-5,12H,2,6-7H2,1H3,(H,13,14). The zero-order valence-corrected chi connectivity index (χ0v) is 11.5. The summed E-state index contributed by atoms with van der Waals surface area (Å²) in [5.41, 5.74) is 1.58. The van der Waals surface area contributed by atoms with Gasteiger partial charge >= 0.3 is 0 Å². The zero-order chi connectivity index (χ0) is 13.2. The highest BCUT2D eigenvalue weighted by Gasteiger charge is 2.15. The molecule has 2 N–H and O–H groups in total. The Hall–Kier alpha value is -1.05.